The quantitative estimate of drug-likeness (QED) is 0.561. The summed E-state index contributed by atoms with van der Waals surface area (Å²) >= 11 is 0. The van der Waals surface area contributed by atoms with Crippen LogP contribution in [0.2, 0.25) is 18.1 Å². The molecule has 1 fully saturated rings. The molecule has 0 aromatic heterocycles. The van der Waals surface area contributed by atoms with Gasteiger partial charge in [-0.15, -0.1) is 0 Å². The molecule has 4 heteroatoms. The average Bonchev–Trinajstić information content (AvgIpc) is 2.94. The van der Waals surface area contributed by atoms with Crippen LogP contribution in [-0.4, -0.2) is 45.5 Å². The molecule has 0 bridgehead atoms. The Hall–Kier alpha value is -0.683. The molecule has 0 aliphatic carbocycles. The Morgan fingerprint density at radius 3 is 2.58 bits per heavy atom. The van der Waals surface area contributed by atoms with Gasteiger partial charge in [0.15, 0.2) is 8.32 Å². The minimum atomic E-state index is -1.58. The molecule has 136 valence electrons. The molecule has 2 rings (SSSR count). The van der Waals surface area contributed by atoms with Gasteiger partial charge in [-0.25, -0.2) is 0 Å². The zero-order valence-corrected chi connectivity index (χ0v) is 17.3. The lowest BCUT2D eigenvalue weighted by atomic mass is 10.2. The first-order valence-electron chi connectivity index (χ1n) is 9.41. The third-order valence-corrected chi connectivity index (χ3v) is 10.1. The van der Waals surface area contributed by atoms with E-state index in [1.165, 1.54) is 18.5 Å². The van der Waals surface area contributed by atoms with E-state index in [0.29, 0.717) is 11.1 Å². The van der Waals surface area contributed by atoms with Crippen molar-refractivity contribution in [3.63, 3.8) is 0 Å². The lowest BCUT2D eigenvalue weighted by molar-refractivity contribution is 0.276. The second-order valence-corrected chi connectivity index (χ2v) is 13.4. The van der Waals surface area contributed by atoms with Crippen LogP contribution in [0.25, 0.3) is 0 Å². The van der Waals surface area contributed by atoms with Crippen molar-refractivity contribution in [1.29, 1.82) is 0 Å². The van der Waals surface area contributed by atoms with Crippen LogP contribution >= 0.6 is 0 Å². The maximum absolute atomic E-state index is 6.25. The third kappa shape index (κ3) is 5.99. The summed E-state index contributed by atoms with van der Waals surface area (Å²) in [6.07, 6.45) is 2.37. The maximum atomic E-state index is 6.25. The number of nitrogens with one attached hydrogen (secondary N) is 1. The van der Waals surface area contributed by atoms with Crippen molar-refractivity contribution in [1.82, 2.24) is 10.2 Å². The average molecular weight is 349 g/mol. The molecule has 1 N–H and O–H groups in total. The Balaban J connectivity index is 1.59. The predicted octanol–water partition coefficient (Wildman–Crippen LogP) is 4.26. The highest BCUT2D eigenvalue weighted by Gasteiger charge is 2.36. The van der Waals surface area contributed by atoms with Gasteiger partial charge in [0.25, 0.3) is 0 Å². The highest BCUT2D eigenvalue weighted by Crippen LogP contribution is 2.36. The Bertz CT molecular complexity index is 484. The molecule has 0 unspecified atom stereocenters. The van der Waals surface area contributed by atoms with Crippen molar-refractivity contribution in [2.45, 2.75) is 64.3 Å². The highest BCUT2D eigenvalue weighted by molar-refractivity contribution is 6.74. The number of nitrogens with zero attached hydrogens (tertiary/aromatic N) is 1. The van der Waals surface area contributed by atoms with Crippen LogP contribution < -0.4 is 5.32 Å². The van der Waals surface area contributed by atoms with E-state index < -0.39 is 8.32 Å². The second kappa shape index (κ2) is 8.61. The highest BCUT2D eigenvalue weighted by atomic mass is 28.4. The Morgan fingerprint density at radius 2 is 1.92 bits per heavy atom. The standard InChI is InChI=1S/C20H36N2OSi/c1-20(2,3)24(4,5)23-15-9-13-21-19-12-14-22(17-19)16-18-10-7-6-8-11-18/h6-8,10-11,19,21H,9,12-17H2,1-5H3/t19-/m0/s1. The number of benzene rings is 1. The monoisotopic (exact) mass is 348 g/mol. The molecule has 1 atom stereocenters. The van der Waals surface area contributed by atoms with Crippen LogP contribution in [0, 0.1) is 0 Å². The van der Waals surface area contributed by atoms with Crippen molar-refractivity contribution < 1.29 is 4.43 Å². The maximum Gasteiger partial charge on any atom is 0.191 e. The van der Waals surface area contributed by atoms with Gasteiger partial charge in [-0.3, -0.25) is 4.90 Å². The fraction of sp³-hybridized carbons (Fsp3) is 0.700. The molecule has 0 saturated carbocycles. The Kier molecular flexibility index (Phi) is 7.05. The van der Waals surface area contributed by atoms with Gasteiger partial charge in [-0.1, -0.05) is 51.1 Å². The van der Waals surface area contributed by atoms with Gasteiger partial charge in [-0.05, 0) is 43.1 Å². The third-order valence-electron chi connectivity index (χ3n) is 5.54. The largest absolute Gasteiger partial charge is 0.417 e. The molecule has 1 aliphatic rings. The molecular formula is C20H36N2OSi. The fourth-order valence-electron chi connectivity index (χ4n) is 2.91. The molecule has 0 amide bonds. The van der Waals surface area contributed by atoms with Gasteiger partial charge in [0.1, 0.15) is 0 Å². The molecule has 0 radical (unpaired) electrons. The van der Waals surface area contributed by atoms with Gasteiger partial charge in [0, 0.05) is 32.3 Å². The van der Waals surface area contributed by atoms with Crippen LogP contribution in [0.5, 0.6) is 0 Å². The summed E-state index contributed by atoms with van der Waals surface area (Å²) in [6, 6.07) is 11.4. The van der Waals surface area contributed by atoms with E-state index in [4.69, 9.17) is 4.43 Å². The van der Waals surface area contributed by atoms with Gasteiger partial charge < -0.3 is 9.74 Å². The second-order valence-electron chi connectivity index (χ2n) is 8.62. The van der Waals surface area contributed by atoms with Crippen LogP contribution in [0.15, 0.2) is 30.3 Å². The van der Waals surface area contributed by atoms with E-state index in [1.54, 1.807) is 0 Å². The Morgan fingerprint density at radius 1 is 1.21 bits per heavy atom. The van der Waals surface area contributed by atoms with E-state index in [2.05, 4.69) is 74.4 Å². The minimum Gasteiger partial charge on any atom is -0.417 e. The number of hydrogen-bond donors (Lipinski definition) is 1. The zero-order valence-electron chi connectivity index (χ0n) is 16.3. The van der Waals surface area contributed by atoms with Gasteiger partial charge in [-0.2, -0.15) is 0 Å². The molecule has 1 aliphatic heterocycles. The molecule has 1 saturated heterocycles. The van der Waals surface area contributed by atoms with Gasteiger partial charge in [0.05, 0.1) is 0 Å². The van der Waals surface area contributed by atoms with E-state index >= 15 is 0 Å². The predicted molar refractivity (Wildman–Crippen MR) is 106 cm³/mol. The number of likely N-dealkylation sites (tertiary alicyclic amines) is 1. The first-order valence-corrected chi connectivity index (χ1v) is 12.3. The van der Waals surface area contributed by atoms with Crippen LogP contribution in [0.1, 0.15) is 39.2 Å². The number of hydrogen-bond acceptors (Lipinski definition) is 3. The lowest BCUT2D eigenvalue weighted by Crippen LogP contribution is -2.41. The lowest BCUT2D eigenvalue weighted by Gasteiger charge is -2.36. The molecule has 1 aromatic carbocycles. The van der Waals surface area contributed by atoms with Crippen LogP contribution in [0.3, 0.4) is 0 Å². The summed E-state index contributed by atoms with van der Waals surface area (Å²) in [5.41, 5.74) is 1.42. The minimum absolute atomic E-state index is 0.309. The summed E-state index contributed by atoms with van der Waals surface area (Å²) in [5.74, 6) is 0. The zero-order chi connectivity index (χ0) is 17.6. The molecule has 0 spiro atoms. The molecule has 1 aromatic rings. The summed E-state index contributed by atoms with van der Waals surface area (Å²) in [5, 5.41) is 4.03. The SMILES string of the molecule is CC(C)(C)[Si](C)(C)OCCCN[C@H]1CCN(Cc2ccccc2)C1. The molecule has 24 heavy (non-hydrogen) atoms. The van der Waals surface area contributed by atoms with Crippen LogP contribution in [0.4, 0.5) is 0 Å². The number of rotatable bonds is 8. The fourth-order valence-corrected chi connectivity index (χ4v) is 3.99. The normalized spacial score (nSPS) is 19.8. The summed E-state index contributed by atoms with van der Waals surface area (Å²) in [7, 11) is -1.58. The molecular weight excluding hydrogens is 312 g/mol. The van der Waals surface area contributed by atoms with E-state index in [0.717, 1.165) is 32.7 Å². The van der Waals surface area contributed by atoms with E-state index in [1.807, 2.05) is 0 Å². The van der Waals surface area contributed by atoms with Crippen molar-refractivity contribution >= 4 is 8.32 Å². The molecule has 1 heterocycles. The van der Waals surface area contributed by atoms with Crippen molar-refractivity contribution in [3.05, 3.63) is 35.9 Å². The smallest absolute Gasteiger partial charge is 0.191 e. The summed E-state index contributed by atoms with van der Waals surface area (Å²) in [6.45, 7) is 17.0. The summed E-state index contributed by atoms with van der Waals surface area (Å²) in [4.78, 5) is 2.55. The van der Waals surface area contributed by atoms with Gasteiger partial charge in [0.2, 0.25) is 0 Å². The van der Waals surface area contributed by atoms with Crippen molar-refractivity contribution in [3.8, 4) is 0 Å². The van der Waals surface area contributed by atoms with Crippen LogP contribution in [-0.2, 0) is 11.0 Å². The Labute approximate surface area is 149 Å². The summed E-state index contributed by atoms with van der Waals surface area (Å²) < 4.78 is 6.25. The first kappa shape index (κ1) is 19.6. The van der Waals surface area contributed by atoms with E-state index in [-0.39, 0.29) is 0 Å². The van der Waals surface area contributed by atoms with E-state index in [9.17, 15) is 0 Å². The van der Waals surface area contributed by atoms with Crippen molar-refractivity contribution in [2.24, 2.45) is 0 Å². The van der Waals surface area contributed by atoms with Gasteiger partial charge >= 0.3 is 0 Å². The first-order chi connectivity index (χ1) is 11.3. The topological polar surface area (TPSA) is 24.5 Å². The van der Waals surface area contributed by atoms with Crippen molar-refractivity contribution in [2.75, 3.05) is 26.2 Å². The molecule has 3 nitrogen and oxygen atoms in total.